The van der Waals surface area contributed by atoms with Gasteiger partial charge in [-0.2, -0.15) is 0 Å². The van der Waals surface area contributed by atoms with E-state index >= 15 is 0 Å². The Morgan fingerprint density at radius 1 is 1.25 bits per heavy atom. The van der Waals surface area contributed by atoms with Gasteiger partial charge in [0.1, 0.15) is 10.8 Å². The van der Waals surface area contributed by atoms with Crippen molar-refractivity contribution in [2.24, 2.45) is 0 Å². The molecular weight excluding hydrogens is 274 g/mol. The highest BCUT2D eigenvalue weighted by atomic mass is 35.5. The lowest BCUT2D eigenvalue weighted by Crippen LogP contribution is -2.30. The second-order valence-corrected chi connectivity index (χ2v) is 5.12. The van der Waals surface area contributed by atoms with E-state index in [2.05, 4.69) is 9.97 Å². The average Bonchev–Trinajstić information content (AvgIpc) is 2.46. The van der Waals surface area contributed by atoms with E-state index in [4.69, 9.17) is 11.6 Å². The number of amides is 1. The molecule has 1 heterocycles. The van der Waals surface area contributed by atoms with Gasteiger partial charge in [-0.25, -0.2) is 4.98 Å². The zero-order valence-corrected chi connectivity index (χ0v) is 12.4. The molecular formula is C15H16ClN3O. The quantitative estimate of drug-likeness (QED) is 0.871. The highest BCUT2D eigenvalue weighted by Gasteiger charge is 2.20. The first-order valence-electron chi connectivity index (χ1n) is 6.30. The lowest BCUT2D eigenvalue weighted by atomic mass is 10.1. The minimum absolute atomic E-state index is 0.0520. The number of hydrogen-bond donors (Lipinski definition) is 0. The van der Waals surface area contributed by atoms with Gasteiger partial charge in [-0.05, 0) is 19.4 Å². The van der Waals surface area contributed by atoms with Crippen molar-refractivity contribution in [3.63, 3.8) is 0 Å². The SMILES string of the molecule is Cc1ccc(C(C)N(C)C(=O)c2cncc(Cl)n2)cc1. The van der Waals surface area contributed by atoms with Crippen LogP contribution >= 0.6 is 11.6 Å². The molecule has 0 radical (unpaired) electrons. The molecule has 0 saturated carbocycles. The summed E-state index contributed by atoms with van der Waals surface area (Å²) in [5, 5.41) is 0.215. The number of halogens is 1. The van der Waals surface area contributed by atoms with Crippen LogP contribution in [0.5, 0.6) is 0 Å². The van der Waals surface area contributed by atoms with Gasteiger partial charge in [0.25, 0.3) is 5.91 Å². The van der Waals surface area contributed by atoms with Crippen LogP contribution in [0.1, 0.15) is 34.6 Å². The minimum atomic E-state index is -0.201. The van der Waals surface area contributed by atoms with E-state index in [1.54, 1.807) is 11.9 Å². The molecule has 5 heteroatoms. The van der Waals surface area contributed by atoms with Crippen molar-refractivity contribution in [2.45, 2.75) is 19.9 Å². The molecule has 0 aliphatic rings. The van der Waals surface area contributed by atoms with Crippen molar-refractivity contribution >= 4 is 17.5 Å². The van der Waals surface area contributed by atoms with Crippen molar-refractivity contribution < 1.29 is 4.79 Å². The van der Waals surface area contributed by atoms with Gasteiger partial charge < -0.3 is 4.90 Å². The van der Waals surface area contributed by atoms with Crippen LogP contribution in [-0.4, -0.2) is 27.8 Å². The van der Waals surface area contributed by atoms with Crippen LogP contribution in [0.2, 0.25) is 5.15 Å². The maximum Gasteiger partial charge on any atom is 0.274 e. The molecule has 1 atom stereocenters. The number of carbonyl (C=O) groups is 1. The predicted octanol–water partition coefficient (Wildman–Crippen LogP) is 3.27. The van der Waals surface area contributed by atoms with E-state index < -0.39 is 0 Å². The number of hydrogen-bond acceptors (Lipinski definition) is 3. The fourth-order valence-corrected chi connectivity index (χ4v) is 2.02. The molecule has 4 nitrogen and oxygen atoms in total. The van der Waals surface area contributed by atoms with Crippen molar-refractivity contribution in [3.05, 3.63) is 58.6 Å². The Morgan fingerprint density at radius 2 is 1.90 bits per heavy atom. The second-order valence-electron chi connectivity index (χ2n) is 4.73. The van der Waals surface area contributed by atoms with Crippen molar-refractivity contribution in [1.82, 2.24) is 14.9 Å². The number of nitrogens with zero attached hydrogens (tertiary/aromatic N) is 3. The molecule has 0 aliphatic carbocycles. The molecule has 20 heavy (non-hydrogen) atoms. The minimum Gasteiger partial charge on any atom is -0.334 e. The number of rotatable bonds is 3. The predicted molar refractivity (Wildman–Crippen MR) is 78.7 cm³/mol. The summed E-state index contributed by atoms with van der Waals surface area (Å²) in [5.41, 5.74) is 2.51. The summed E-state index contributed by atoms with van der Waals surface area (Å²) in [6.07, 6.45) is 2.83. The Bertz CT molecular complexity index is 613. The molecule has 1 amide bonds. The molecule has 0 fully saturated rings. The molecule has 0 aliphatic heterocycles. The molecule has 1 aromatic heterocycles. The van der Waals surface area contributed by atoms with E-state index in [1.807, 2.05) is 38.1 Å². The average molecular weight is 290 g/mol. The van der Waals surface area contributed by atoms with Crippen molar-refractivity contribution in [1.29, 1.82) is 0 Å². The van der Waals surface area contributed by atoms with Gasteiger partial charge >= 0.3 is 0 Å². The van der Waals surface area contributed by atoms with E-state index in [9.17, 15) is 4.79 Å². The zero-order valence-electron chi connectivity index (χ0n) is 11.7. The Kier molecular flexibility index (Phi) is 4.35. The van der Waals surface area contributed by atoms with E-state index in [-0.39, 0.29) is 22.8 Å². The van der Waals surface area contributed by atoms with E-state index in [0.29, 0.717) is 0 Å². The highest BCUT2D eigenvalue weighted by Crippen LogP contribution is 2.20. The molecule has 0 bridgehead atoms. The van der Waals surface area contributed by atoms with Gasteiger partial charge in [0, 0.05) is 7.05 Å². The van der Waals surface area contributed by atoms with Crippen molar-refractivity contribution in [2.75, 3.05) is 7.05 Å². The normalized spacial score (nSPS) is 12.0. The summed E-state index contributed by atoms with van der Waals surface area (Å²) in [4.78, 5) is 21.9. The van der Waals surface area contributed by atoms with Gasteiger partial charge in [-0.1, -0.05) is 41.4 Å². The summed E-state index contributed by atoms with van der Waals surface area (Å²) in [6, 6.07) is 8.05. The molecule has 2 aromatic rings. The lowest BCUT2D eigenvalue weighted by molar-refractivity contribution is 0.0736. The van der Waals surface area contributed by atoms with Crippen LogP contribution in [0.3, 0.4) is 0 Å². The third-order valence-electron chi connectivity index (χ3n) is 3.29. The summed E-state index contributed by atoms with van der Waals surface area (Å²) in [6.45, 7) is 4.01. The van der Waals surface area contributed by atoms with E-state index in [0.717, 1.165) is 5.56 Å². The first-order valence-corrected chi connectivity index (χ1v) is 6.68. The molecule has 1 aromatic carbocycles. The first-order chi connectivity index (χ1) is 9.49. The number of benzene rings is 1. The third-order valence-corrected chi connectivity index (χ3v) is 3.47. The Morgan fingerprint density at radius 3 is 2.50 bits per heavy atom. The van der Waals surface area contributed by atoms with Gasteiger partial charge in [0.2, 0.25) is 0 Å². The third kappa shape index (κ3) is 3.14. The number of aryl methyl sites for hydroxylation is 1. The Labute approximate surface area is 123 Å². The summed E-state index contributed by atoms with van der Waals surface area (Å²) in [5.74, 6) is -0.201. The summed E-state index contributed by atoms with van der Waals surface area (Å²) >= 11 is 5.76. The smallest absolute Gasteiger partial charge is 0.274 e. The Balaban J connectivity index is 2.20. The molecule has 0 spiro atoms. The van der Waals surface area contributed by atoms with Gasteiger partial charge in [-0.15, -0.1) is 0 Å². The largest absolute Gasteiger partial charge is 0.334 e. The second kappa shape index (κ2) is 6.01. The molecule has 0 N–H and O–H groups in total. The number of aromatic nitrogens is 2. The Hall–Kier alpha value is -1.94. The van der Waals surface area contributed by atoms with Gasteiger partial charge in [-0.3, -0.25) is 9.78 Å². The first kappa shape index (κ1) is 14.5. The van der Waals surface area contributed by atoms with Gasteiger partial charge in [0.15, 0.2) is 0 Å². The fraction of sp³-hybridized carbons (Fsp3) is 0.267. The van der Waals surface area contributed by atoms with Crippen LogP contribution in [0.15, 0.2) is 36.7 Å². The zero-order chi connectivity index (χ0) is 14.7. The molecule has 1 unspecified atom stereocenters. The lowest BCUT2D eigenvalue weighted by Gasteiger charge is -2.25. The van der Waals surface area contributed by atoms with Crippen LogP contribution < -0.4 is 0 Å². The topological polar surface area (TPSA) is 46.1 Å². The van der Waals surface area contributed by atoms with Crippen LogP contribution in [0, 0.1) is 6.92 Å². The molecule has 2 rings (SSSR count). The van der Waals surface area contributed by atoms with Gasteiger partial charge in [0.05, 0.1) is 18.4 Å². The van der Waals surface area contributed by atoms with E-state index in [1.165, 1.54) is 18.0 Å². The van der Waals surface area contributed by atoms with Crippen LogP contribution in [0.4, 0.5) is 0 Å². The monoisotopic (exact) mass is 289 g/mol. The molecule has 104 valence electrons. The highest BCUT2D eigenvalue weighted by molar-refractivity contribution is 6.29. The maximum absolute atomic E-state index is 12.3. The van der Waals surface area contributed by atoms with Crippen molar-refractivity contribution in [3.8, 4) is 0 Å². The van der Waals surface area contributed by atoms with Crippen LogP contribution in [-0.2, 0) is 0 Å². The summed E-state index contributed by atoms with van der Waals surface area (Å²) in [7, 11) is 1.75. The van der Waals surface area contributed by atoms with Crippen LogP contribution in [0.25, 0.3) is 0 Å². The maximum atomic E-state index is 12.3. The standard InChI is InChI=1S/C15H16ClN3O/c1-10-4-6-12(7-5-10)11(2)19(3)15(20)13-8-17-9-14(16)18-13/h4-9,11H,1-3H3. The number of carbonyl (C=O) groups excluding carboxylic acids is 1. The fourth-order valence-electron chi connectivity index (χ4n) is 1.87. The summed E-state index contributed by atoms with van der Waals surface area (Å²) < 4.78 is 0. The molecule has 0 saturated heterocycles.